The Kier molecular flexibility index (Phi) is 4.76. The molecule has 0 spiro atoms. The second-order valence-electron chi connectivity index (χ2n) is 5.43. The van der Waals surface area contributed by atoms with E-state index >= 15 is 0 Å². The van der Waals surface area contributed by atoms with Crippen molar-refractivity contribution in [3.05, 3.63) is 78.0 Å². The van der Waals surface area contributed by atoms with Gasteiger partial charge in [-0.05, 0) is 43.3 Å². The first kappa shape index (κ1) is 17.0. The van der Waals surface area contributed by atoms with Crippen LogP contribution in [0.4, 0.5) is 10.1 Å². The average Bonchev–Trinajstić information content (AvgIpc) is 3.07. The normalized spacial score (nSPS) is 11.3. The van der Waals surface area contributed by atoms with E-state index in [2.05, 4.69) is 4.72 Å². The van der Waals surface area contributed by atoms with E-state index in [1.54, 1.807) is 24.3 Å². The van der Waals surface area contributed by atoms with Gasteiger partial charge in [-0.3, -0.25) is 4.72 Å². The van der Waals surface area contributed by atoms with Gasteiger partial charge in [-0.1, -0.05) is 17.7 Å². The van der Waals surface area contributed by atoms with Crippen LogP contribution in [0.5, 0.6) is 5.75 Å². The number of hydrogen-bond donors (Lipinski definition) is 1. The number of nitrogens with one attached hydrogen (secondary N) is 1. The van der Waals surface area contributed by atoms with Crippen molar-refractivity contribution in [1.29, 1.82) is 0 Å². The lowest BCUT2D eigenvalue weighted by Gasteiger charge is -2.13. The summed E-state index contributed by atoms with van der Waals surface area (Å²) in [7, 11) is -3.86. The summed E-state index contributed by atoms with van der Waals surface area (Å²) in [6.45, 7) is 1.95. The van der Waals surface area contributed by atoms with E-state index in [9.17, 15) is 12.8 Å². The fourth-order valence-corrected chi connectivity index (χ4v) is 3.23. The predicted octanol–water partition coefficient (Wildman–Crippen LogP) is 4.11. The van der Waals surface area contributed by atoms with Crippen molar-refractivity contribution in [1.82, 2.24) is 0 Å². The summed E-state index contributed by atoms with van der Waals surface area (Å²) in [5.74, 6) is 0.192. The monoisotopic (exact) mass is 361 g/mol. The highest BCUT2D eigenvalue weighted by atomic mass is 32.2. The van der Waals surface area contributed by atoms with E-state index in [0.717, 1.165) is 11.6 Å². The zero-order valence-electron chi connectivity index (χ0n) is 13.4. The van der Waals surface area contributed by atoms with Gasteiger partial charge in [0.25, 0.3) is 10.0 Å². The van der Waals surface area contributed by atoms with Gasteiger partial charge in [-0.2, -0.15) is 0 Å². The zero-order chi connectivity index (χ0) is 17.9. The summed E-state index contributed by atoms with van der Waals surface area (Å²) in [5, 5.41) is 0. The highest BCUT2D eigenvalue weighted by Crippen LogP contribution is 2.28. The van der Waals surface area contributed by atoms with Gasteiger partial charge >= 0.3 is 0 Å². The minimum atomic E-state index is -3.86. The lowest BCUT2D eigenvalue weighted by Crippen LogP contribution is -2.14. The van der Waals surface area contributed by atoms with E-state index in [0.29, 0.717) is 5.76 Å². The lowest BCUT2D eigenvalue weighted by atomic mass is 10.2. The summed E-state index contributed by atoms with van der Waals surface area (Å²) in [6.07, 6.45) is 1.50. The molecule has 0 saturated heterocycles. The van der Waals surface area contributed by atoms with Gasteiger partial charge < -0.3 is 9.15 Å². The van der Waals surface area contributed by atoms with Crippen LogP contribution in [0.3, 0.4) is 0 Å². The summed E-state index contributed by atoms with van der Waals surface area (Å²) in [6, 6.07) is 13.4. The van der Waals surface area contributed by atoms with Crippen LogP contribution in [-0.4, -0.2) is 8.42 Å². The van der Waals surface area contributed by atoms with Crippen molar-refractivity contribution in [2.24, 2.45) is 0 Å². The third-order valence-corrected chi connectivity index (χ3v) is 4.85. The topological polar surface area (TPSA) is 68.5 Å². The Morgan fingerprint density at radius 1 is 1.12 bits per heavy atom. The minimum absolute atomic E-state index is 0.0205. The Labute approximate surface area is 145 Å². The first-order valence-corrected chi connectivity index (χ1v) is 8.96. The highest BCUT2D eigenvalue weighted by Gasteiger charge is 2.17. The molecule has 1 N–H and O–H groups in total. The van der Waals surface area contributed by atoms with Gasteiger partial charge in [0.05, 0.1) is 16.8 Å². The number of aryl methyl sites for hydroxylation is 1. The summed E-state index contributed by atoms with van der Waals surface area (Å²) in [5.41, 5.74) is 0.958. The van der Waals surface area contributed by atoms with Crippen LogP contribution in [0.2, 0.25) is 0 Å². The summed E-state index contributed by atoms with van der Waals surface area (Å²) < 4.78 is 51.7. The molecular weight excluding hydrogens is 345 g/mol. The highest BCUT2D eigenvalue weighted by molar-refractivity contribution is 7.92. The second-order valence-corrected chi connectivity index (χ2v) is 7.11. The number of rotatable bonds is 6. The molecule has 0 saturated carbocycles. The Balaban J connectivity index is 1.85. The van der Waals surface area contributed by atoms with Gasteiger partial charge in [0.1, 0.15) is 23.9 Å². The molecule has 0 fully saturated rings. The van der Waals surface area contributed by atoms with E-state index < -0.39 is 15.8 Å². The van der Waals surface area contributed by atoms with Gasteiger partial charge in [-0.15, -0.1) is 0 Å². The van der Waals surface area contributed by atoms with Crippen LogP contribution < -0.4 is 9.46 Å². The van der Waals surface area contributed by atoms with Crippen LogP contribution in [0.25, 0.3) is 0 Å². The van der Waals surface area contributed by atoms with Crippen molar-refractivity contribution in [2.45, 2.75) is 18.4 Å². The Morgan fingerprint density at radius 3 is 2.56 bits per heavy atom. The van der Waals surface area contributed by atoms with E-state index in [4.69, 9.17) is 9.15 Å². The molecule has 25 heavy (non-hydrogen) atoms. The molecule has 3 aromatic rings. The number of furan rings is 1. The second kappa shape index (κ2) is 6.98. The first-order valence-electron chi connectivity index (χ1n) is 7.48. The maximum absolute atomic E-state index is 13.6. The number of sulfonamides is 1. The summed E-state index contributed by atoms with van der Waals surface area (Å²) >= 11 is 0. The van der Waals surface area contributed by atoms with Crippen molar-refractivity contribution in [2.75, 3.05) is 4.72 Å². The van der Waals surface area contributed by atoms with Crippen LogP contribution in [0, 0.1) is 12.7 Å². The number of ether oxygens (including phenoxy) is 1. The molecule has 0 aliphatic heterocycles. The number of anilines is 1. The van der Waals surface area contributed by atoms with Crippen LogP contribution in [-0.2, 0) is 16.6 Å². The molecule has 130 valence electrons. The fourth-order valence-electron chi connectivity index (χ4n) is 2.17. The largest absolute Gasteiger partial charge is 0.483 e. The van der Waals surface area contributed by atoms with Gasteiger partial charge in [0.2, 0.25) is 0 Å². The molecule has 2 aromatic carbocycles. The average molecular weight is 361 g/mol. The number of hydrogen-bond acceptors (Lipinski definition) is 4. The minimum Gasteiger partial charge on any atom is -0.483 e. The third kappa shape index (κ3) is 4.19. The van der Waals surface area contributed by atoms with Gasteiger partial charge in [0, 0.05) is 6.07 Å². The molecule has 3 rings (SSSR count). The Hall–Kier alpha value is -2.80. The molecule has 0 radical (unpaired) electrons. The quantitative estimate of drug-likeness (QED) is 0.717. The molecule has 1 heterocycles. The molecule has 0 unspecified atom stereocenters. The molecule has 7 heteroatoms. The number of benzene rings is 2. The van der Waals surface area contributed by atoms with Crippen LogP contribution >= 0.6 is 0 Å². The van der Waals surface area contributed by atoms with Crippen molar-refractivity contribution in [3.8, 4) is 5.75 Å². The first-order chi connectivity index (χ1) is 11.9. The van der Waals surface area contributed by atoms with Crippen molar-refractivity contribution < 1.29 is 22.0 Å². The van der Waals surface area contributed by atoms with Crippen LogP contribution in [0.15, 0.2) is 70.2 Å². The van der Waals surface area contributed by atoms with E-state index in [1.807, 2.05) is 6.92 Å². The van der Waals surface area contributed by atoms with Crippen molar-refractivity contribution >= 4 is 15.7 Å². The molecule has 0 aliphatic carbocycles. The van der Waals surface area contributed by atoms with Gasteiger partial charge in [0.15, 0.2) is 0 Å². The number of halogens is 1. The lowest BCUT2D eigenvalue weighted by molar-refractivity contribution is 0.271. The molecule has 0 aliphatic rings. The fraction of sp³-hybridized carbons (Fsp3) is 0.111. The van der Waals surface area contributed by atoms with Crippen LogP contribution in [0.1, 0.15) is 11.3 Å². The maximum Gasteiger partial charge on any atom is 0.262 e. The molecule has 0 amide bonds. The molecule has 5 nitrogen and oxygen atoms in total. The Bertz CT molecular complexity index is 951. The molecule has 0 bridgehead atoms. The maximum atomic E-state index is 13.6. The Morgan fingerprint density at radius 2 is 1.88 bits per heavy atom. The molecular formula is C18H16FNO4S. The standard InChI is InChI=1S/C18H16FNO4S/c1-13-4-7-16(8-5-13)25(21,22)20-17-11-14(19)6-9-18(17)24-12-15-3-2-10-23-15/h2-11,20H,12H2,1H3. The zero-order valence-corrected chi connectivity index (χ0v) is 14.2. The smallest absolute Gasteiger partial charge is 0.262 e. The van der Waals surface area contributed by atoms with Gasteiger partial charge in [-0.25, -0.2) is 12.8 Å². The van der Waals surface area contributed by atoms with E-state index in [-0.39, 0.29) is 22.9 Å². The molecule has 0 atom stereocenters. The summed E-state index contributed by atoms with van der Waals surface area (Å²) in [4.78, 5) is 0.0827. The van der Waals surface area contributed by atoms with Crippen molar-refractivity contribution in [3.63, 3.8) is 0 Å². The van der Waals surface area contributed by atoms with E-state index in [1.165, 1.54) is 30.5 Å². The SMILES string of the molecule is Cc1ccc(S(=O)(=O)Nc2cc(F)ccc2OCc2ccco2)cc1. The third-order valence-electron chi connectivity index (χ3n) is 3.47. The molecule has 1 aromatic heterocycles. The predicted molar refractivity (Wildman–Crippen MR) is 91.4 cm³/mol.